The minimum absolute atomic E-state index is 0.0545. The second-order valence-electron chi connectivity index (χ2n) is 9.76. The van der Waals surface area contributed by atoms with E-state index >= 15 is 0 Å². The first-order chi connectivity index (χ1) is 19.0. The molecule has 2 aromatic rings. The summed E-state index contributed by atoms with van der Waals surface area (Å²) in [7, 11) is 0. The molecule has 216 valence electrons. The fraction of sp³-hybridized carbons (Fsp3) is 0.500. The third-order valence-electron chi connectivity index (χ3n) is 6.78. The van der Waals surface area contributed by atoms with Crippen LogP contribution in [0.15, 0.2) is 36.5 Å². The molecule has 0 bridgehead atoms. The molecule has 0 saturated carbocycles. The second-order valence-corrected chi connectivity index (χ2v) is 9.76. The SMILES string of the molecule is C[C@@H]1NC(=O)C[C@@H](C(=O)NCCCn2ccc(C(F)(F)F)n2)NC(=O)c2ccccc2OC[C@H]2CCCN2C1=O. The summed E-state index contributed by atoms with van der Waals surface area (Å²) >= 11 is 0. The van der Waals surface area contributed by atoms with Crippen LogP contribution in [0.25, 0.3) is 0 Å². The Hall–Kier alpha value is -4.10. The van der Waals surface area contributed by atoms with Crippen LogP contribution in [0.4, 0.5) is 13.2 Å². The minimum Gasteiger partial charge on any atom is -0.491 e. The number of fused-ring (bicyclic) bond motifs is 2. The molecule has 1 saturated heterocycles. The summed E-state index contributed by atoms with van der Waals surface area (Å²) in [6, 6.07) is 5.01. The van der Waals surface area contributed by atoms with Gasteiger partial charge in [-0.1, -0.05) is 12.1 Å². The highest BCUT2D eigenvalue weighted by Crippen LogP contribution is 2.27. The number of benzene rings is 1. The Balaban J connectivity index is 1.45. The van der Waals surface area contributed by atoms with Crippen LogP contribution in [-0.2, 0) is 27.1 Å². The third kappa shape index (κ3) is 7.10. The van der Waals surface area contributed by atoms with Crippen LogP contribution in [0.5, 0.6) is 5.75 Å². The number of aryl methyl sites for hydroxylation is 1. The first-order valence-electron chi connectivity index (χ1n) is 13.0. The summed E-state index contributed by atoms with van der Waals surface area (Å²) in [5.41, 5.74) is -0.844. The molecule has 3 N–H and O–H groups in total. The molecule has 3 heterocycles. The van der Waals surface area contributed by atoms with Crippen LogP contribution >= 0.6 is 0 Å². The summed E-state index contributed by atoms with van der Waals surface area (Å²) in [5.74, 6) is -1.87. The predicted molar refractivity (Wildman–Crippen MR) is 135 cm³/mol. The van der Waals surface area contributed by atoms with Crippen molar-refractivity contribution in [2.45, 2.75) is 63.5 Å². The highest BCUT2D eigenvalue weighted by Gasteiger charge is 2.35. The lowest BCUT2D eigenvalue weighted by Crippen LogP contribution is -2.53. The number of amides is 4. The number of nitrogens with one attached hydrogen (secondary N) is 3. The predicted octanol–water partition coefficient (Wildman–Crippen LogP) is 1.49. The minimum atomic E-state index is -4.55. The molecule has 4 amide bonds. The monoisotopic (exact) mass is 564 g/mol. The van der Waals surface area contributed by atoms with Crippen molar-refractivity contribution in [3.05, 3.63) is 47.8 Å². The molecule has 0 unspecified atom stereocenters. The van der Waals surface area contributed by atoms with E-state index in [9.17, 15) is 32.3 Å². The molecular formula is C26H31F3N6O5. The Morgan fingerprint density at radius 1 is 1.18 bits per heavy atom. The maximum Gasteiger partial charge on any atom is 0.435 e. The smallest absolute Gasteiger partial charge is 0.435 e. The molecule has 1 fully saturated rings. The normalized spacial score (nSPS) is 22.4. The van der Waals surface area contributed by atoms with Gasteiger partial charge >= 0.3 is 6.18 Å². The van der Waals surface area contributed by atoms with Crippen LogP contribution in [-0.4, -0.2) is 76.1 Å². The van der Waals surface area contributed by atoms with Gasteiger partial charge in [0.05, 0.1) is 18.0 Å². The molecular weight excluding hydrogens is 533 g/mol. The molecule has 3 atom stereocenters. The number of carbonyl (C=O) groups is 4. The Kier molecular flexibility index (Phi) is 8.95. The molecule has 40 heavy (non-hydrogen) atoms. The zero-order chi connectivity index (χ0) is 28.9. The average Bonchev–Trinajstić information content (AvgIpc) is 3.58. The lowest BCUT2D eigenvalue weighted by molar-refractivity contribution is -0.141. The standard InChI is InChI=1S/C26H31F3N6O5/c1-16-25(39)35-12-4-6-17(35)15-40-20-8-3-2-7-18(20)23(37)32-19(14-22(36)31-16)24(38)30-10-5-11-34-13-9-21(33-34)26(27,28)29/h2-3,7-9,13,16-17,19H,4-6,10-12,14-15H2,1H3,(H,30,38)(H,31,36)(H,32,37)/t16-,17+,19-/m0/s1. The zero-order valence-electron chi connectivity index (χ0n) is 21.9. The number of ether oxygens (including phenoxy) is 1. The number of aromatic nitrogens is 2. The molecule has 4 rings (SSSR count). The first kappa shape index (κ1) is 28.9. The van der Waals surface area contributed by atoms with Gasteiger partial charge in [0, 0.05) is 25.8 Å². The molecule has 2 aliphatic heterocycles. The molecule has 0 radical (unpaired) electrons. The Bertz CT molecular complexity index is 1250. The second kappa shape index (κ2) is 12.4. The van der Waals surface area contributed by atoms with Crippen molar-refractivity contribution in [2.75, 3.05) is 19.7 Å². The maximum absolute atomic E-state index is 13.2. The summed E-state index contributed by atoms with van der Waals surface area (Å²) in [5, 5.41) is 11.3. The van der Waals surface area contributed by atoms with Gasteiger partial charge in [0.15, 0.2) is 5.69 Å². The van der Waals surface area contributed by atoms with E-state index in [1.54, 1.807) is 30.0 Å². The van der Waals surface area contributed by atoms with Crippen molar-refractivity contribution in [2.24, 2.45) is 0 Å². The number of alkyl halides is 3. The highest BCUT2D eigenvalue weighted by molar-refractivity contribution is 6.01. The summed E-state index contributed by atoms with van der Waals surface area (Å²) in [6.45, 7) is 2.41. The van der Waals surface area contributed by atoms with Gasteiger partial charge in [0.2, 0.25) is 17.7 Å². The van der Waals surface area contributed by atoms with E-state index < -0.39 is 48.1 Å². The average molecular weight is 565 g/mol. The lowest BCUT2D eigenvalue weighted by Gasteiger charge is -2.29. The van der Waals surface area contributed by atoms with E-state index in [0.717, 1.165) is 23.6 Å². The van der Waals surface area contributed by atoms with Gasteiger partial charge in [-0.05, 0) is 44.4 Å². The molecule has 11 nitrogen and oxygen atoms in total. The highest BCUT2D eigenvalue weighted by atomic mass is 19.4. The molecule has 1 aromatic heterocycles. The van der Waals surface area contributed by atoms with Crippen molar-refractivity contribution in [3.63, 3.8) is 0 Å². The van der Waals surface area contributed by atoms with Gasteiger partial charge in [-0.3, -0.25) is 23.9 Å². The third-order valence-corrected chi connectivity index (χ3v) is 6.78. The first-order valence-corrected chi connectivity index (χ1v) is 13.0. The van der Waals surface area contributed by atoms with Gasteiger partial charge in [0.1, 0.15) is 24.4 Å². The Morgan fingerprint density at radius 3 is 2.70 bits per heavy atom. The van der Waals surface area contributed by atoms with E-state index in [-0.39, 0.29) is 49.4 Å². The van der Waals surface area contributed by atoms with E-state index in [4.69, 9.17) is 4.74 Å². The maximum atomic E-state index is 13.2. The van der Waals surface area contributed by atoms with E-state index in [2.05, 4.69) is 21.0 Å². The Morgan fingerprint density at radius 2 is 1.95 bits per heavy atom. The number of halogens is 3. The Labute approximate surface area is 228 Å². The topological polar surface area (TPSA) is 135 Å². The van der Waals surface area contributed by atoms with Crippen LogP contribution < -0.4 is 20.7 Å². The zero-order valence-corrected chi connectivity index (χ0v) is 21.9. The largest absolute Gasteiger partial charge is 0.491 e. The summed E-state index contributed by atoms with van der Waals surface area (Å²) < 4.78 is 45.3. The molecule has 14 heteroatoms. The number of hydrogen-bond acceptors (Lipinski definition) is 6. The van der Waals surface area contributed by atoms with Crippen LogP contribution in [0.3, 0.4) is 0 Å². The summed E-state index contributed by atoms with van der Waals surface area (Å²) in [4.78, 5) is 53.7. The van der Waals surface area contributed by atoms with Crippen LogP contribution in [0, 0.1) is 0 Å². The van der Waals surface area contributed by atoms with Crippen molar-refractivity contribution < 1.29 is 37.1 Å². The number of carbonyl (C=O) groups excluding carboxylic acids is 4. The van der Waals surface area contributed by atoms with Crippen LogP contribution in [0.1, 0.15) is 48.7 Å². The van der Waals surface area contributed by atoms with Gasteiger partial charge < -0.3 is 25.6 Å². The van der Waals surface area contributed by atoms with Gasteiger partial charge in [-0.25, -0.2) is 0 Å². The molecule has 1 aromatic carbocycles. The van der Waals surface area contributed by atoms with E-state index in [1.165, 1.54) is 12.3 Å². The van der Waals surface area contributed by atoms with Crippen LogP contribution in [0.2, 0.25) is 0 Å². The molecule has 2 aliphatic rings. The van der Waals surface area contributed by atoms with Crippen molar-refractivity contribution >= 4 is 23.6 Å². The quantitative estimate of drug-likeness (QED) is 0.471. The molecule has 0 spiro atoms. The molecule has 0 aliphatic carbocycles. The lowest BCUT2D eigenvalue weighted by atomic mass is 10.1. The van der Waals surface area contributed by atoms with Gasteiger partial charge in [0.25, 0.3) is 5.91 Å². The van der Waals surface area contributed by atoms with Crippen molar-refractivity contribution in [3.8, 4) is 5.75 Å². The summed E-state index contributed by atoms with van der Waals surface area (Å²) in [6.07, 6.45) is -2.03. The van der Waals surface area contributed by atoms with E-state index in [0.29, 0.717) is 6.54 Å². The number of rotatable bonds is 5. The number of hydrogen-bond donors (Lipinski definition) is 3. The van der Waals surface area contributed by atoms with Crippen molar-refractivity contribution in [1.82, 2.24) is 30.6 Å². The fourth-order valence-corrected chi connectivity index (χ4v) is 4.72. The van der Waals surface area contributed by atoms with Gasteiger partial charge in [-0.2, -0.15) is 18.3 Å². The fourth-order valence-electron chi connectivity index (χ4n) is 4.72. The number of para-hydroxylation sites is 1. The van der Waals surface area contributed by atoms with E-state index in [1.807, 2.05) is 0 Å². The van der Waals surface area contributed by atoms with Crippen molar-refractivity contribution in [1.29, 1.82) is 0 Å². The van der Waals surface area contributed by atoms with Gasteiger partial charge in [-0.15, -0.1) is 0 Å². The number of nitrogens with zero attached hydrogens (tertiary/aromatic N) is 3.